The van der Waals surface area contributed by atoms with Crippen molar-refractivity contribution < 1.29 is 9.47 Å². The summed E-state index contributed by atoms with van der Waals surface area (Å²) < 4.78 is 11.1. The molecule has 0 radical (unpaired) electrons. The fourth-order valence-electron chi connectivity index (χ4n) is 1.78. The fourth-order valence-corrected chi connectivity index (χ4v) is 1.78. The Hall–Kier alpha value is -1.48. The first-order valence-corrected chi connectivity index (χ1v) is 6.81. The molecular formula is C16H25NO2. The van der Waals surface area contributed by atoms with Gasteiger partial charge in [0.1, 0.15) is 11.5 Å². The molecule has 0 aliphatic rings. The number of hydrogen-bond acceptors (Lipinski definition) is 3. The lowest BCUT2D eigenvalue weighted by molar-refractivity contribution is 0.303. The van der Waals surface area contributed by atoms with Gasteiger partial charge in [-0.1, -0.05) is 19.9 Å². The lowest BCUT2D eigenvalue weighted by Gasteiger charge is -2.13. The highest BCUT2D eigenvalue weighted by atomic mass is 16.5. The molecule has 0 unspecified atom stereocenters. The second-order valence-electron chi connectivity index (χ2n) is 4.78. The average molecular weight is 263 g/mol. The summed E-state index contributed by atoms with van der Waals surface area (Å²) in [4.78, 5) is 0. The van der Waals surface area contributed by atoms with Crippen molar-refractivity contribution in [3.63, 3.8) is 0 Å². The highest BCUT2D eigenvalue weighted by molar-refractivity contribution is 5.41. The Labute approximate surface area is 116 Å². The molecule has 0 heterocycles. The molecule has 1 aromatic rings. The Kier molecular flexibility index (Phi) is 7.04. The third kappa shape index (κ3) is 5.79. The molecule has 0 bridgehead atoms. The SMILES string of the molecule is C=CCc1cc(OC)ccc1OCCCNC(C)C. The van der Waals surface area contributed by atoms with E-state index in [-0.39, 0.29) is 0 Å². The molecule has 0 aliphatic carbocycles. The van der Waals surface area contributed by atoms with Crippen molar-refractivity contribution >= 4 is 0 Å². The number of methoxy groups -OCH3 is 1. The maximum atomic E-state index is 5.83. The second-order valence-corrected chi connectivity index (χ2v) is 4.78. The van der Waals surface area contributed by atoms with E-state index in [2.05, 4.69) is 25.7 Å². The average Bonchev–Trinajstić information content (AvgIpc) is 2.39. The van der Waals surface area contributed by atoms with Crippen LogP contribution in [-0.2, 0) is 6.42 Å². The van der Waals surface area contributed by atoms with Crippen LogP contribution in [0.2, 0.25) is 0 Å². The summed E-state index contributed by atoms with van der Waals surface area (Å²) in [7, 11) is 1.67. The molecule has 1 aromatic carbocycles. The van der Waals surface area contributed by atoms with Crippen molar-refractivity contribution in [2.24, 2.45) is 0 Å². The van der Waals surface area contributed by atoms with Crippen molar-refractivity contribution in [1.29, 1.82) is 0 Å². The zero-order valence-electron chi connectivity index (χ0n) is 12.2. The molecule has 0 saturated heterocycles. The van der Waals surface area contributed by atoms with E-state index in [9.17, 15) is 0 Å². The van der Waals surface area contributed by atoms with E-state index in [0.29, 0.717) is 6.04 Å². The van der Waals surface area contributed by atoms with E-state index in [1.807, 2.05) is 24.3 Å². The lowest BCUT2D eigenvalue weighted by atomic mass is 10.1. The van der Waals surface area contributed by atoms with Gasteiger partial charge in [-0.3, -0.25) is 0 Å². The standard InChI is InChI=1S/C16H25NO2/c1-5-7-14-12-15(18-4)8-9-16(14)19-11-6-10-17-13(2)3/h5,8-9,12-13,17H,1,6-7,10-11H2,2-4H3. The summed E-state index contributed by atoms with van der Waals surface area (Å²) in [6, 6.07) is 6.42. The molecular weight excluding hydrogens is 238 g/mol. The Morgan fingerprint density at radius 1 is 1.37 bits per heavy atom. The first kappa shape index (κ1) is 15.6. The molecule has 0 aliphatic heterocycles. The van der Waals surface area contributed by atoms with E-state index < -0.39 is 0 Å². The molecule has 19 heavy (non-hydrogen) atoms. The summed E-state index contributed by atoms with van der Waals surface area (Å²) >= 11 is 0. The van der Waals surface area contributed by atoms with Crippen LogP contribution in [0.15, 0.2) is 30.9 Å². The largest absolute Gasteiger partial charge is 0.497 e. The maximum Gasteiger partial charge on any atom is 0.123 e. The van der Waals surface area contributed by atoms with Gasteiger partial charge in [-0.2, -0.15) is 0 Å². The van der Waals surface area contributed by atoms with Crippen LogP contribution in [0.4, 0.5) is 0 Å². The van der Waals surface area contributed by atoms with Crippen LogP contribution in [0.5, 0.6) is 11.5 Å². The van der Waals surface area contributed by atoms with Gasteiger partial charge in [0, 0.05) is 11.6 Å². The Balaban J connectivity index is 2.49. The highest BCUT2D eigenvalue weighted by Gasteiger charge is 2.04. The number of ether oxygens (including phenoxy) is 2. The summed E-state index contributed by atoms with van der Waals surface area (Å²) in [5.41, 5.74) is 1.12. The Morgan fingerprint density at radius 3 is 2.79 bits per heavy atom. The molecule has 106 valence electrons. The van der Waals surface area contributed by atoms with Gasteiger partial charge in [-0.25, -0.2) is 0 Å². The summed E-state index contributed by atoms with van der Waals surface area (Å²) in [6.07, 6.45) is 3.66. The predicted molar refractivity (Wildman–Crippen MR) is 80.1 cm³/mol. The summed E-state index contributed by atoms with van der Waals surface area (Å²) in [6.45, 7) is 9.76. The van der Waals surface area contributed by atoms with Crippen LogP contribution in [0.1, 0.15) is 25.8 Å². The van der Waals surface area contributed by atoms with Crippen molar-refractivity contribution in [3.8, 4) is 11.5 Å². The Bertz CT molecular complexity index is 388. The van der Waals surface area contributed by atoms with Gasteiger partial charge >= 0.3 is 0 Å². The van der Waals surface area contributed by atoms with E-state index in [1.54, 1.807) is 7.11 Å². The molecule has 3 heteroatoms. The van der Waals surface area contributed by atoms with Crippen molar-refractivity contribution in [2.75, 3.05) is 20.3 Å². The van der Waals surface area contributed by atoms with Crippen molar-refractivity contribution in [1.82, 2.24) is 5.32 Å². The van der Waals surface area contributed by atoms with Gasteiger partial charge in [0.05, 0.1) is 13.7 Å². The topological polar surface area (TPSA) is 30.5 Å². The van der Waals surface area contributed by atoms with Crippen LogP contribution in [0.3, 0.4) is 0 Å². The van der Waals surface area contributed by atoms with E-state index in [0.717, 1.165) is 43.1 Å². The van der Waals surface area contributed by atoms with Crippen LogP contribution in [0, 0.1) is 0 Å². The summed E-state index contributed by atoms with van der Waals surface area (Å²) in [5.74, 6) is 1.77. The third-order valence-electron chi connectivity index (χ3n) is 2.76. The number of nitrogens with one attached hydrogen (secondary N) is 1. The quantitative estimate of drug-likeness (QED) is 0.548. The molecule has 0 saturated carbocycles. The zero-order chi connectivity index (χ0) is 14.1. The zero-order valence-corrected chi connectivity index (χ0v) is 12.2. The third-order valence-corrected chi connectivity index (χ3v) is 2.76. The van der Waals surface area contributed by atoms with E-state index in [4.69, 9.17) is 9.47 Å². The molecule has 0 amide bonds. The van der Waals surface area contributed by atoms with Gasteiger partial charge in [0.15, 0.2) is 0 Å². The maximum absolute atomic E-state index is 5.83. The fraction of sp³-hybridized carbons (Fsp3) is 0.500. The van der Waals surface area contributed by atoms with Gasteiger partial charge in [0.25, 0.3) is 0 Å². The summed E-state index contributed by atoms with van der Waals surface area (Å²) in [5, 5.41) is 3.37. The van der Waals surface area contributed by atoms with Gasteiger partial charge in [-0.15, -0.1) is 6.58 Å². The van der Waals surface area contributed by atoms with Crippen LogP contribution >= 0.6 is 0 Å². The van der Waals surface area contributed by atoms with E-state index >= 15 is 0 Å². The van der Waals surface area contributed by atoms with E-state index in [1.165, 1.54) is 0 Å². The first-order chi connectivity index (χ1) is 9.17. The minimum atomic E-state index is 0.525. The molecule has 1 N–H and O–H groups in total. The minimum absolute atomic E-state index is 0.525. The predicted octanol–water partition coefficient (Wildman–Crippen LogP) is 3.19. The molecule has 0 spiro atoms. The van der Waals surface area contributed by atoms with Gasteiger partial charge in [-0.05, 0) is 37.6 Å². The number of rotatable bonds is 9. The number of benzene rings is 1. The highest BCUT2D eigenvalue weighted by Crippen LogP contribution is 2.25. The van der Waals surface area contributed by atoms with Crippen LogP contribution in [0.25, 0.3) is 0 Å². The smallest absolute Gasteiger partial charge is 0.123 e. The number of allylic oxidation sites excluding steroid dienone is 1. The minimum Gasteiger partial charge on any atom is -0.497 e. The van der Waals surface area contributed by atoms with Gasteiger partial charge < -0.3 is 14.8 Å². The number of hydrogen-bond donors (Lipinski definition) is 1. The van der Waals surface area contributed by atoms with Crippen molar-refractivity contribution in [2.45, 2.75) is 32.7 Å². The molecule has 3 nitrogen and oxygen atoms in total. The monoisotopic (exact) mass is 263 g/mol. The molecule has 1 rings (SSSR count). The van der Waals surface area contributed by atoms with Crippen LogP contribution < -0.4 is 14.8 Å². The Morgan fingerprint density at radius 2 is 2.16 bits per heavy atom. The van der Waals surface area contributed by atoms with Gasteiger partial charge in [0.2, 0.25) is 0 Å². The van der Waals surface area contributed by atoms with Crippen LogP contribution in [-0.4, -0.2) is 26.3 Å². The molecule has 0 atom stereocenters. The lowest BCUT2D eigenvalue weighted by Crippen LogP contribution is -2.24. The second kappa shape index (κ2) is 8.59. The first-order valence-electron chi connectivity index (χ1n) is 6.81. The normalized spacial score (nSPS) is 10.5. The molecule has 0 fully saturated rings. The van der Waals surface area contributed by atoms with Crippen molar-refractivity contribution in [3.05, 3.63) is 36.4 Å². The molecule has 0 aromatic heterocycles.